The van der Waals surface area contributed by atoms with Gasteiger partial charge < -0.3 is 4.90 Å². The fraction of sp³-hybridized carbons (Fsp3) is 1.00. The first-order chi connectivity index (χ1) is 12.3. The first-order valence-corrected chi connectivity index (χ1v) is 11.8. The van der Waals surface area contributed by atoms with Crippen LogP contribution in [-0.4, -0.2) is 48.6 Å². The van der Waals surface area contributed by atoms with Crippen molar-refractivity contribution in [2.24, 2.45) is 23.2 Å². The average molecular weight is 345 g/mol. The Morgan fingerprint density at radius 1 is 0.640 bits per heavy atom. The van der Waals surface area contributed by atoms with E-state index in [1.165, 1.54) is 77.7 Å². The smallest absolute Gasteiger partial charge is 0.0152 e. The van der Waals surface area contributed by atoms with Gasteiger partial charge in [0, 0.05) is 19.1 Å². The molecule has 6 aliphatic rings. The predicted octanol–water partition coefficient (Wildman–Crippen LogP) is 4.93. The zero-order valence-electron chi connectivity index (χ0n) is 16.4. The van der Waals surface area contributed by atoms with Crippen molar-refractivity contribution >= 4 is 0 Å². The van der Waals surface area contributed by atoms with Crippen LogP contribution in [0, 0.1) is 23.2 Å². The maximum absolute atomic E-state index is 3.02. The summed E-state index contributed by atoms with van der Waals surface area (Å²) in [5, 5.41) is 0. The van der Waals surface area contributed by atoms with Crippen molar-refractivity contribution in [2.45, 2.75) is 89.5 Å². The summed E-state index contributed by atoms with van der Waals surface area (Å²) in [6, 6.07) is 0.938. The largest absolute Gasteiger partial charge is 0.302 e. The fourth-order valence-electron chi connectivity index (χ4n) is 8.17. The minimum atomic E-state index is 0.737. The summed E-state index contributed by atoms with van der Waals surface area (Å²) in [5.74, 6) is 3.33. The van der Waals surface area contributed by atoms with Crippen molar-refractivity contribution in [2.75, 3.05) is 32.7 Å². The third-order valence-corrected chi connectivity index (χ3v) is 8.81. The lowest BCUT2D eigenvalue weighted by Gasteiger charge is -2.61. The SMILES string of the molecule is C1CCN(CCN2CCCCC[C@H]2C23CC4CC(CC(C4)C2)C3)CC1. The van der Waals surface area contributed by atoms with Crippen LogP contribution in [0.5, 0.6) is 0 Å². The van der Waals surface area contributed by atoms with Crippen LogP contribution >= 0.6 is 0 Å². The highest BCUT2D eigenvalue weighted by Gasteiger charge is 2.55. The molecule has 4 bridgehead atoms. The molecule has 4 saturated carbocycles. The van der Waals surface area contributed by atoms with Crippen LogP contribution in [0.2, 0.25) is 0 Å². The highest BCUT2D eigenvalue weighted by atomic mass is 15.2. The number of hydrogen-bond donors (Lipinski definition) is 0. The van der Waals surface area contributed by atoms with Crippen molar-refractivity contribution in [3.05, 3.63) is 0 Å². The highest BCUT2D eigenvalue weighted by Crippen LogP contribution is 2.62. The molecule has 142 valence electrons. The third-order valence-electron chi connectivity index (χ3n) is 8.81. The summed E-state index contributed by atoms with van der Waals surface area (Å²) in [7, 11) is 0. The van der Waals surface area contributed by atoms with E-state index in [0.717, 1.165) is 29.2 Å². The summed E-state index contributed by atoms with van der Waals surface area (Å²) in [5.41, 5.74) is 0.737. The van der Waals surface area contributed by atoms with Gasteiger partial charge in [-0.25, -0.2) is 0 Å². The van der Waals surface area contributed by atoms with Gasteiger partial charge in [0.05, 0.1) is 0 Å². The van der Waals surface area contributed by atoms with Crippen LogP contribution in [0.1, 0.15) is 83.5 Å². The summed E-state index contributed by atoms with van der Waals surface area (Å²) in [6.45, 7) is 6.86. The Labute approximate surface area is 155 Å². The minimum absolute atomic E-state index is 0.737. The fourth-order valence-corrected chi connectivity index (χ4v) is 8.17. The molecular weight excluding hydrogens is 304 g/mol. The highest BCUT2D eigenvalue weighted by molar-refractivity contribution is 5.07. The molecule has 2 saturated heterocycles. The van der Waals surface area contributed by atoms with Gasteiger partial charge in [-0.15, -0.1) is 0 Å². The molecule has 6 rings (SSSR count). The molecular formula is C23H40N2. The lowest BCUT2D eigenvalue weighted by Crippen LogP contribution is -2.57. The molecule has 2 aliphatic heterocycles. The zero-order chi connectivity index (χ0) is 16.7. The van der Waals surface area contributed by atoms with Crippen molar-refractivity contribution in [3.8, 4) is 0 Å². The molecule has 0 spiro atoms. The molecule has 2 nitrogen and oxygen atoms in total. The van der Waals surface area contributed by atoms with Crippen LogP contribution < -0.4 is 0 Å². The molecule has 0 unspecified atom stereocenters. The molecule has 0 aromatic carbocycles. The van der Waals surface area contributed by atoms with E-state index < -0.39 is 0 Å². The van der Waals surface area contributed by atoms with Crippen molar-refractivity contribution in [1.29, 1.82) is 0 Å². The molecule has 0 radical (unpaired) electrons. The monoisotopic (exact) mass is 344 g/mol. The minimum Gasteiger partial charge on any atom is -0.302 e. The Kier molecular flexibility index (Phi) is 4.88. The maximum Gasteiger partial charge on any atom is 0.0152 e. The molecule has 2 heteroatoms. The lowest BCUT2D eigenvalue weighted by molar-refractivity contribution is -0.102. The Morgan fingerprint density at radius 2 is 1.24 bits per heavy atom. The van der Waals surface area contributed by atoms with Gasteiger partial charge in [-0.2, -0.15) is 0 Å². The van der Waals surface area contributed by atoms with Gasteiger partial charge in [0.1, 0.15) is 0 Å². The topological polar surface area (TPSA) is 6.48 Å². The normalized spacial score (nSPS) is 45.6. The zero-order valence-corrected chi connectivity index (χ0v) is 16.4. The molecule has 2 heterocycles. The van der Waals surface area contributed by atoms with Gasteiger partial charge in [-0.1, -0.05) is 19.3 Å². The van der Waals surface area contributed by atoms with E-state index in [4.69, 9.17) is 0 Å². The van der Waals surface area contributed by atoms with Crippen molar-refractivity contribution in [1.82, 2.24) is 9.80 Å². The van der Waals surface area contributed by atoms with Gasteiger partial charge in [0.2, 0.25) is 0 Å². The number of hydrogen-bond acceptors (Lipinski definition) is 2. The number of likely N-dealkylation sites (tertiary alicyclic amines) is 2. The van der Waals surface area contributed by atoms with Gasteiger partial charge in [-0.05, 0) is 107 Å². The summed E-state index contributed by atoms with van der Waals surface area (Å²) in [6.07, 6.45) is 19.9. The third kappa shape index (κ3) is 3.43. The molecule has 1 atom stereocenters. The molecule has 0 aromatic heterocycles. The summed E-state index contributed by atoms with van der Waals surface area (Å²) >= 11 is 0. The quantitative estimate of drug-likeness (QED) is 0.713. The molecule has 0 amide bonds. The van der Waals surface area contributed by atoms with E-state index in [-0.39, 0.29) is 0 Å². The molecule has 4 aliphatic carbocycles. The van der Waals surface area contributed by atoms with E-state index >= 15 is 0 Å². The van der Waals surface area contributed by atoms with Gasteiger partial charge in [0.15, 0.2) is 0 Å². The van der Waals surface area contributed by atoms with Crippen LogP contribution in [0.15, 0.2) is 0 Å². The van der Waals surface area contributed by atoms with E-state index in [0.29, 0.717) is 0 Å². The lowest BCUT2D eigenvalue weighted by atomic mass is 9.47. The summed E-state index contributed by atoms with van der Waals surface area (Å²) < 4.78 is 0. The Balaban J connectivity index is 1.30. The molecule has 6 fully saturated rings. The van der Waals surface area contributed by atoms with E-state index in [9.17, 15) is 0 Å². The van der Waals surface area contributed by atoms with Crippen LogP contribution in [0.25, 0.3) is 0 Å². The summed E-state index contributed by atoms with van der Waals surface area (Å²) in [4.78, 5) is 5.79. The van der Waals surface area contributed by atoms with Crippen molar-refractivity contribution < 1.29 is 0 Å². The van der Waals surface area contributed by atoms with Crippen LogP contribution in [0.4, 0.5) is 0 Å². The van der Waals surface area contributed by atoms with Gasteiger partial charge in [-0.3, -0.25) is 4.90 Å². The Hall–Kier alpha value is -0.0800. The molecule has 25 heavy (non-hydrogen) atoms. The van der Waals surface area contributed by atoms with Crippen LogP contribution in [0.3, 0.4) is 0 Å². The van der Waals surface area contributed by atoms with Gasteiger partial charge in [0.25, 0.3) is 0 Å². The first kappa shape index (κ1) is 17.0. The Morgan fingerprint density at radius 3 is 1.92 bits per heavy atom. The second-order valence-corrected chi connectivity index (χ2v) is 10.6. The van der Waals surface area contributed by atoms with E-state index in [1.807, 2.05) is 0 Å². The predicted molar refractivity (Wildman–Crippen MR) is 105 cm³/mol. The Bertz CT molecular complexity index is 418. The second kappa shape index (κ2) is 7.15. The number of piperidine rings is 1. The number of nitrogens with zero attached hydrogens (tertiary/aromatic N) is 2. The molecule has 0 N–H and O–H groups in total. The standard InChI is InChI=1S/C23H40N2/c1-3-7-22(23-16-19-13-20(17-23)15-21(14-19)18-23)25(10-6-1)12-11-24-8-4-2-5-9-24/h19-22H,1-18H2/t19?,20?,21?,22-,23?/m0/s1. The van der Waals surface area contributed by atoms with Crippen LogP contribution in [-0.2, 0) is 0 Å². The van der Waals surface area contributed by atoms with E-state index in [1.54, 1.807) is 38.5 Å². The number of rotatable bonds is 4. The molecule has 0 aromatic rings. The van der Waals surface area contributed by atoms with Gasteiger partial charge >= 0.3 is 0 Å². The first-order valence-electron chi connectivity index (χ1n) is 11.8. The second-order valence-electron chi connectivity index (χ2n) is 10.6. The van der Waals surface area contributed by atoms with Crippen molar-refractivity contribution in [3.63, 3.8) is 0 Å². The maximum atomic E-state index is 3.02. The van der Waals surface area contributed by atoms with E-state index in [2.05, 4.69) is 9.80 Å². The average Bonchev–Trinajstić information content (AvgIpc) is 2.86.